The second-order valence-corrected chi connectivity index (χ2v) is 15.1. The van der Waals surface area contributed by atoms with Crippen LogP contribution in [0, 0.1) is 39.9 Å². The van der Waals surface area contributed by atoms with E-state index in [9.17, 15) is 9.90 Å². The van der Waals surface area contributed by atoms with Gasteiger partial charge >= 0.3 is 5.97 Å². The molecule has 1 N–H and O–H groups in total. The quantitative estimate of drug-likeness (QED) is 0.146. The van der Waals surface area contributed by atoms with E-state index in [0.29, 0.717) is 18.3 Å². The lowest BCUT2D eigenvalue weighted by molar-refractivity contribution is -0.238. The van der Waals surface area contributed by atoms with Gasteiger partial charge in [-0.2, -0.15) is 0 Å². The van der Waals surface area contributed by atoms with Gasteiger partial charge in [0.25, 0.3) is 0 Å². The molecule has 1 fully saturated rings. The molecule has 0 amide bonds. The van der Waals surface area contributed by atoms with Crippen molar-refractivity contribution >= 4 is 5.97 Å². The van der Waals surface area contributed by atoms with E-state index in [1.54, 1.807) is 14.2 Å². The first kappa shape index (κ1) is 34.4. The highest BCUT2D eigenvalue weighted by molar-refractivity contribution is 5.67. The summed E-state index contributed by atoms with van der Waals surface area (Å²) in [6.45, 7) is 21.9. The molecule has 1 saturated carbocycles. The van der Waals surface area contributed by atoms with Crippen molar-refractivity contribution < 1.29 is 33.6 Å². The number of fused-ring (bicyclic) bond motifs is 4. The molecular formula is C36H58O7. The summed E-state index contributed by atoms with van der Waals surface area (Å²) in [4.78, 5) is 12.7. The van der Waals surface area contributed by atoms with Crippen molar-refractivity contribution in [1.82, 2.24) is 0 Å². The minimum Gasteiger partial charge on any atom is -0.458 e. The Kier molecular flexibility index (Phi) is 10.5. The van der Waals surface area contributed by atoms with Crippen molar-refractivity contribution in [3.05, 3.63) is 34.9 Å². The Hall–Kier alpha value is -1.51. The average molecular weight is 603 g/mol. The topological polar surface area (TPSA) is 83.5 Å². The van der Waals surface area contributed by atoms with Gasteiger partial charge in [0, 0.05) is 26.6 Å². The van der Waals surface area contributed by atoms with Crippen LogP contribution < -0.4 is 0 Å². The SMILES string of the molecule is C=C(CC[C@@H](C)[C@H]1CC=C2C3=C([C@@H](O)[C@H](OC(C)=O)C21C)C1(C)C[C@@H](OCOC)[C@H](OCOC)C(C)(C)[C@@H]1CC3)C(C)C. The summed E-state index contributed by atoms with van der Waals surface area (Å²) in [6, 6.07) is 0. The van der Waals surface area contributed by atoms with E-state index in [1.165, 1.54) is 23.6 Å². The largest absolute Gasteiger partial charge is 0.458 e. The van der Waals surface area contributed by atoms with Gasteiger partial charge in [-0.05, 0) is 89.7 Å². The number of hydrogen-bond acceptors (Lipinski definition) is 7. The Morgan fingerprint density at radius 3 is 2.33 bits per heavy atom. The van der Waals surface area contributed by atoms with Crippen molar-refractivity contribution in [1.29, 1.82) is 0 Å². The number of carbonyl (C=O) groups is 1. The van der Waals surface area contributed by atoms with E-state index in [4.69, 9.17) is 23.7 Å². The molecule has 0 spiro atoms. The first-order valence-electron chi connectivity index (χ1n) is 16.3. The molecule has 7 heteroatoms. The molecule has 0 aromatic heterocycles. The predicted molar refractivity (Wildman–Crippen MR) is 168 cm³/mol. The normalized spacial score (nSPS) is 37.3. The lowest BCUT2D eigenvalue weighted by Gasteiger charge is -2.63. The Balaban J connectivity index is 1.78. The van der Waals surface area contributed by atoms with Gasteiger partial charge in [-0.1, -0.05) is 66.7 Å². The van der Waals surface area contributed by atoms with Gasteiger partial charge in [-0.15, -0.1) is 0 Å². The Bertz CT molecular complexity index is 1100. The van der Waals surface area contributed by atoms with E-state index in [-0.39, 0.29) is 54.4 Å². The van der Waals surface area contributed by atoms with Crippen molar-refractivity contribution in [2.75, 3.05) is 27.8 Å². The van der Waals surface area contributed by atoms with E-state index in [0.717, 1.165) is 37.7 Å². The molecule has 4 aliphatic carbocycles. The zero-order valence-corrected chi connectivity index (χ0v) is 28.5. The molecular weight excluding hydrogens is 544 g/mol. The highest BCUT2D eigenvalue weighted by Crippen LogP contribution is 2.67. The first-order valence-corrected chi connectivity index (χ1v) is 16.3. The fourth-order valence-electron chi connectivity index (χ4n) is 9.78. The lowest BCUT2D eigenvalue weighted by atomic mass is 9.45. The van der Waals surface area contributed by atoms with Crippen LogP contribution in [-0.4, -0.2) is 63.3 Å². The molecule has 244 valence electrons. The number of allylic oxidation sites excluding steroid dienone is 3. The molecule has 0 aromatic rings. The van der Waals surface area contributed by atoms with E-state index in [2.05, 4.69) is 61.1 Å². The lowest BCUT2D eigenvalue weighted by Crippen LogP contribution is -2.63. The number of carbonyl (C=O) groups excluding carboxylic acids is 1. The summed E-state index contributed by atoms with van der Waals surface area (Å²) in [5.74, 6) is 0.973. The Labute approximate surface area is 260 Å². The van der Waals surface area contributed by atoms with Crippen LogP contribution >= 0.6 is 0 Å². The summed E-state index contributed by atoms with van der Waals surface area (Å²) in [5.41, 5.74) is 3.73. The summed E-state index contributed by atoms with van der Waals surface area (Å²) in [5, 5.41) is 12.5. The van der Waals surface area contributed by atoms with E-state index < -0.39 is 17.6 Å². The molecule has 4 rings (SSSR count). The molecule has 7 nitrogen and oxygen atoms in total. The van der Waals surface area contributed by atoms with Crippen molar-refractivity contribution in [3.63, 3.8) is 0 Å². The number of esters is 1. The Morgan fingerprint density at radius 1 is 1.07 bits per heavy atom. The highest BCUT2D eigenvalue weighted by atomic mass is 16.7. The third kappa shape index (κ3) is 5.94. The van der Waals surface area contributed by atoms with Crippen LogP contribution in [0.2, 0.25) is 0 Å². The maximum atomic E-state index is 12.7. The van der Waals surface area contributed by atoms with Crippen molar-refractivity contribution in [2.45, 2.75) is 118 Å². The maximum Gasteiger partial charge on any atom is 0.303 e. The zero-order chi connectivity index (χ0) is 31.9. The Morgan fingerprint density at radius 2 is 1.72 bits per heavy atom. The fourth-order valence-corrected chi connectivity index (χ4v) is 9.78. The molecule has 4 aliphatic rings. The monoisotopic (exact) mass is 602 g/mol. The molecule has 9 atom stereocenters. The van der Waals surface area contributed by atoms with Gasteiger partial charge in [-0.3, -0.25) is 4.79 Å². The van der Waals surface area contributed by atoms with Crippen LogP contribution in [0.3, 0.4) is 0 Å². The molecule has 0 aromatic carbocycles. The minimum atomic E-state index is -0.900. The first-order chi connectivity index (χ1) is 20.2. The number of aliphatic hydroxyl groups is 1. The molecule has 0 heterocycles. The number of rotatable bonds is 12. The van der Waals surface area contributed by atoms with Gasteiger partial charge in [0.2, 0.25) is 0 Å². The summed E-state index contributed by atoms with van der Waals surface area (Å²) >= 11 is 0. The molecule has 0 radical (unpaired) electrons. The smallest absolute Gasteiger partial charge is 0.303 e. The van der Waals surface area contributed by atoms with Gasteiger partial charge in [-0.25, -0.2) is 0 Å². The zero-order valence-electron chi connectivity index (χ0n) is 28.5. The second kappa shape index (κ2) is 13.1. The third-order valence-electron chi connectivity index (χ3n) is 11.9. The number of ether oxygens (including phenoxy) is 5. The standard InChI is InChI=1S/C36H58O7/c1-21(2)22(3)12-13-23(4)26-15-16-27-25-14-17-29-34(6,7)32(42-20-40-11)28(41-19-39-10)18-35(29,8)30(25)31(38)33(36(26,27)9)43-24(5)37/h16,21,23,26,28-29,31-33,38H,3,12-15,17-20H2,1-2,4-11H3/t23-,26-,28-,29+,31-,32+,33+,35?,36?/m1/s1. The molecule has 43 heavy (non-hydrogen) atoms. The second-order valence-electron chi connectivity index (χ2n) is 15.1. The summed E-state index contributed by atoms with van der Waals surface area (Å²) < 4.78 is 29.4. The van der Waals surface area contributed by atoms with E-state index in [1.807, 2.05) is 0 Å². The fraction of sp³-hybridized carbons (Fsp3) is 0.806. The summed E-state index contributed by atoms with van der Waals surface area (Å²) in [6.07, 6.45) is 5.86. The molecule has 2 unspecified atom stereocenters. The number of methoxy groups -OCH3 is 2. The molecule has 0 saturated heterocycles. The molecule has 0 bridgehead atoms. The van der Waals surface area contributed by atoms with Gasteiger partial charge in [0.15, 0.2) is 0 Å². The van der Waals surface area contributed by atoms with Crippen LogP contribution in [0.5, 0.6) is 0 Å². The van der Waals surface area contributed by atoms with Gasteiger partial charge in [0.1, 0.15) is 25.8 Å². The van der Waals surface area contributed by atoms with Crippen LogP contribution in [0.1, 0.15) is 93.9 Å². The average Bonchev–Trinajstić information content (AvgIpc) is 3.29. The van der Waals surface area contributed by atoms with Crippen LogP contribution in [0.15, 0.2) is 34.9 Å². The predicted octanol–water partition coefficient (Wildman–Crippen LogP) is 6.99. The maximum absolute atomic E-state index is 12.7. The van der Waals surface area contributed by atoms with Crippen LogP contribution in [0.4, 0.5) is 0 Å². The third-order valence-corrected chi connectivity index (χ3v) is 11.9. The number of aliphatic hydroxyl groups excluding tert-OH is 1. The van der Waals surface area contributed by atoms with Crippen molar-refractivity contribution in [3.8, 4) is 0 Å². The van der Waals surface area contributed by atoms with Crippen LogP contribution in [-0.2, 0) is 28.5 Å². The highest BCUT2D eigenvalue weighted by Gasteiger charge is 2.65. The van der Waals surface area contributed by atoms with Gasteiger partial charge in [0.05, 0.1) is 12.2 Å². The van der Waals surface area contributed by atoms with E-state index >= 15 is 0 Å². The van der Waals surface area contributed by atoms with Crippen molar-refractivity contribution in [2.24, 2.45) is 39.9 Å². The molecule has 0 aliphatic heterocycles. The summed E-state index contributed by atoms with van der Waals surface area (Å²) in [7, 11) is 3.26. The van der Waals surface area contributed by atoms with Gasteiger partial charge < -0.3 is 28.8 Å². The van der Waals surface area contributed by atoms with Crippen LogP contribution in [0.25, 0.3) is 0 Å². The minimum absolute atomic E-state index is 0.158. The number of hydrogen-bond donors (Lipinski definition) is 1.